The summed E-state index contributed by atoms with van der Waals surface area (Å²) in [6.07, 6.45) is -0.379. The van der Waals surface area contributed by atoms with Gasteiger partial charge in [-0.25, -0.2) is 0 Å². The maximum Gasteiger partial charge on any atom is 0.433 e. The summed E-state index contributed by atoms with van der Waals surface area (Å²) >= 11 is 12.2. The molecule has 0 saturated heterocycles. The number of hydrogen-bond donors (Lipinski definition) is 1. The Morgan fingerprint density at radius 3 is 2.18 bits per heavy atom. The number of nitrogens with zero attached hydrogens (tertiary/aromatic N) is 4. The molecule has 214 valence electrons. The van der Waals surface area contributed by atoms with Crippen LogP contribution in [0.15, 0.2) is 18.6 Å². The summed E-state index contributed by atoms with van der Waals surface area (Å²) < 4.78 is 44.0. The number of carbonyl (C=O) groups excluding carboxylic acids is 2. The first kappa shape index (κ1) is 30.9. The van der Waals surface area contributed by atoms with Gasteiger partial charge in [0, 0.05) is 18.9 Å². The maximum atomic E-state index is 14.4. The number of Topliss-reactive ketones (excluding diaryl/α,β-unsaturated/α-hetero) is 1. The molecule has 0 aromatic carbocycles. The molecule has 1 amide bonds. The molecule has 2 aromatic rings. The van der Waals surface area contributed by atoms with E-state index in [9.17, 15) is 32.7 Å². The van der Waals surface area contributed by atoms with Gasteiger partial charge in [0.15, 0.2) is 11.5 Å². The van der Waals surface area contributed by atoms with Gasteiger partial charge < -0.3 is 10.0 Å². The topological polar surface area (TPSA) is 105 Å². The predicted octanol–water partition coefficient (Wildman–Crippen LogP) is 6.57. The summed E-state index contributed by atoms with van der Waals surface area (Å²) in [7, 11) is 0. The molecule has 0 unspecified atom stereocenters. The first-order valence-corrected chi connectivity index (χ1v) is 13.3. The van der Waals surface area contributed by atoms with Crippen LogP contribution in [-0.4, -0.2) is 55.5 Å². The van der Waals surface area contributed by atoms with E-state index >= 15 is 0 Å². The molecule has 13 heteroatoms. The summed E-state index contributed by atoms with van der Waals surface area (Å²) in [4.78, 5) is 43.3. The Balaban J connectivity index is 2.00. The van der Waals surface area contributed by atoms with E-state index in [1.54, 1.807) is 6.92 Å². The largest absolute Gasteiger partial charge is 0.481 e. The highest BCUT2D eigenvalue weighted by molar-refractivity contribution is 6.39. The average molecular weight is 591 g/mol. The summed E-state index contributed by atoms with van der Waals surface area (Å²) in [6.45, 7) is 6.53. The van der Waals surface area contributed by atoms with Crippen molar-refractivity contribution in [2.75, 3.05) is 13.1 Å². The van der Waals surface area contributed by atoms with E-state index < -0.39 is 58.5 Å². The molecule has 0 atom stereocenters. The lowest BCUT2D eigenvalue weighted by Gasteiger charge is -2.35. The number of ketones is 1. The Hall–Kier alpha value is -2.66. The van der Waals surface area contributed by atoms with Crippen LogP contribution in [0.4, 0.5) is 13.2 Å². The number of carboxylic acid groups (broad SMARTS) is 1. The quantitative estimate of drug-likeness (QED) is 0.331. The van der Waals surface area contributed by atoms with Crippen molar-refractivity contribution in [3.8, 4) is 0 Å². The molecule has 1 aliphatic carbocycles. The molecule has 1 saturated carbocycles. The number of aromatic nitrogens is 3. The highest BCUT2D eigenvalue weighted by atomic mass is 35.5. The first-order chi connectivity index (χ1) is 18.0. The van der Waals surface area contributed by atoms with E-state index in [-0.39, 0.29) is 47.8 Å². The van der Waals surface area contributed by atoms with Crippen LogP contribution in [0.1, 0.15) is 92.3 Å². The van der Waals surface area contributed by atoms with Crippen LogP contribution >= 0.6 is 23.2 Å². The van der Waals surface area contributed by atoms with E-state index in [1.807, 2.05) is 20.8 Å². The van der Waals surface area contributed by atoms with Crippen molar-refractivity contribution in [3.63, 3.8) is 0 Å². The summed E-state index contributed by atoms with van der Waals surface area (Å²) in [5.41, 5.74) is -3.53. The number of hydrogen-bond acceptors (Lipinski definition) is 5. The number of amides is 1. The van der Waals surface area contributed by atoms with Crippen molar-refractivity contribution in [1.29, 1.82) is 0 Å². The smallest absolute Gasteiger partial charge is 0.433 e. The summed E-state index contributed by atoms with van der Waals surface area (Å²) in [6, 6.07) is -0.729. The number of rotatable bonds is 9. The molecule has 0 spiro atoms. The summed E-state index contributed by atoms with van der Waals surface area (Å²) in [5.74, 6) is -2.65. The molecular weight excluding hydrogens is 560 g/mol. The van der Waals surface area contributed by atoms with E-state index in [4.69, 9.17) is 23.2 Å². The van der Waals surface area contributed by atoms with Gasteiger partial charge in [-0.2, -0.15) is 18.3 Å². The number of aliphatic carboxylic acids is 1. The SMILES string of the molecule is CCC(C)(C)CN(CC(=O)c1c(Cl)cncc1Cl)C(=O)c1cnn(C2CCC(C)(C(=O)O)CC2)c1C(F)(F)F. The Morgan fingerprint density at radius 2 is 1.69 bits per heavy atom. The van der Waals surface area contributed by atoms with Crippen molar-refractivity contribution in [1.82, 2.24) is 19.7 Å². The highest BCUT2D eigenvalue weighted by Crippen LogP contribution is 2.43. The van der Waals surface area contributed by atoms with E-state index in [2.05, 4.69) is 10.1 Å². The van der Waals surface area contributed by atoms with Gasteiger partial charge in [-0.3, -0.25) is 24.0 Å². The zero-order valence-electron chi connectivity index (χ0n) is 22.1. The van der Waals surface area contributed by atoms with Gasteiger partial charge in [-0.15, -0.1) is 0 Å². The molecule has 0 radical (unpaired) electrons. The second kappa shape index (κ2) is 11.4. The second-order valence-electron chi connectivity index (χ2n) is 11.0. The van der Waals surface area contributed by atoms with Crippen LogP contribution in [0, 0.1) is 10.8 Å². The van der Waals surface area contributed by atoms with Crippen LogP contribution in [0.25, 0.3) is 0 Å². The van der Waals surface area contributed by atoms with Gasteiger partial charge in [0.05, 0.1) is 45.4 Å². The number of carboxylic acids is 1. The first-order valence-electron chi connectivity index (χ1n) is 12.5. The van der Waals surface area contributed by atoms with Crippen LogP contribution in [-0.2, 0) is 11.0 Å². The minimum Gasteiger partial charge on any atom is -0.481 e. The second-order valence-corrected chi connectivity index (χ2v) is 11.8. The standard InChI is InChI=1S/C26H31Cl2F3N4O4/c1-5-24(2,3)14-34(13-19(36)20-17(27)11-32-12-18(20)28)22(37)16-10-33-35(21(16)26(29,30)31)15-6-8-25(4,9-7-15)23(38)39/h10-12,15H,5-9,13-14H2,1-4H3,(H,38,39). The van der Waals surface area contributed by atoms with E-state index in [0.29, 0.717) is 6.42 Å². The third-order valence-electron chi connectivity index (χ3n) is 7.55. The molecule has 2 aromatic heterocycles. The maximum absolute atomic E-state index is 14.4. The van der Waals surface area contributed by atoms with Gasteiger partial charge in [0.2, 0.25) is 0 Å². The summed E-state index contributed by atoms with van der Waals surface area (Å²) in [5, 5.41) is 13.4. The minimum atomic E-state index is -4.93. The zero-order valence-corrected chi connectivity index (χ0v) is 23.6. The fourth-order valence-electron chi connectivity index (χ4n) is 4.70. The van der Waals surface area contributed by atoms with Gasteiger partial charge in [0.25, 0.3) is 5.91 Å². The Bertz CT molecular complexity index is 1230. The van der Waals surface area contributed by atoms with Crippen LogP contribution in [0.5, 0.6) is 0 Å². The van der Waals surface area contributed by atoms with Crippen molar-refractivity contribution < 1.29 is 32.7 Å². The van der Waals surface area contributed by atoms with E-state index in [0.717, 1.165) is 15.8 Å². The van der Waals surface area contributed by atoms with Gasteiger partial charge in [0.1, 0.15) is 0 Å². The molecule has 0 aliphatic heterocycles. The molecule has 0 bridgehead atoms. The van der Waals surface area contributed by atoms with E-state index in [1.165, 1.54) is 12.4 Å². The van der Waals surface area contributed by atoms with Gasteiger partial charge >= 0.3 is 12.1 Å². The minimum absolute atomic E-state index is 0.0166. The van der Waals surface area contributed by atoms with Crippen LogP contribution < -0.4 is 0 Å². The average Bonchev–Trinajstić information content (AvgIpc) is 3.29. The zero-order chi connectivity index (χ0) is 29.3. The fourth-order valence-corrected chi connectivity index (χ4v) is 5.28. The van der Waals surface area contributed by atoms with Crippen molar-refractivity contribution in [2.45, 2.75) is 72.0 Å². The molecule has 39 heavy (non-hydrogen) atoms. The number of pyridine rings is 1. The molecule has 1 fully saturated rings. The lowest BCUT2D eigenvalue weighted by atomic mass is 9.74. The van der Waals surface area contributed by atoms with Crippen LogP contribution in [0.2, 0.25) is 10.0 Å². The molecular formula is C26H31Cl2F3N4O4. The normalized spacial score (nSPS) is 20.1. The molecule has 8 nitrogen and oxygen atoms in total. The molecule has 2 heterocycles. The Morgan fingerprint density at radius 1 is 1.13 bits per heavy atom. The van der Waals surface area contributed by atoms with Crippen molar-refractivity contribution in [2.24, 2.45) is 10.8 Å². The van der Waals surface area contributed by atoms with Gasteiger partial charge in [-0.1, -0.05) is 44.0 Å². The fraction of sp³-hybridized carbons (Fsp3) is 0.577. The van der Waals surface area contributed by atoms with Crippen molar-refractivity contribution >= 4 is 40.9 Å². The third-order valence-corrected chi connectivity index (χ3v) is 8.12. The molecule has 1 N–H and O–H groups in total. The molecule has 3 rings (SSSR count). The highest BCUT2D eigenvalue weighted by Gasteiger charge is 2.45. The number of halogens is 5. The van der Waals surface area contributed by atoms with Crippen LogP contribution in [0.3, 0.4) is 0 Å². The van der Waals surface area contributed by atoms with Crippen molar-refractivity contribution in [3.05, 3.63) is 45.5 Å². The Labute approximate surface area is 234 Å². The van der Waals surface area contributed by atoms with Gasteiger partial charge in [-0.05, 0) is 44.4 Å². The number of alkyl halides is 3. The predicted molar refractivity (Wildman–Crippen MR) is 139 cm³/mol. The monoisotopic (exact) mass is 590 g/mol. The third kappa shape index (κ3) is 6.74. The lowest BCUT2D eigenvalue weighted by Crippen LogP contribution is -2.42. The number of carbonyl (C=O) groups is 3. The Kier molecular flexibility index (Phi) is 9.06. The molecule has 1 aliphatic rings. The lowest BCUT2D eigenvalue weighted by molar-refractivity contribution is -0.152.